The second-order valence-electron chi connectivity index (χ2n) is 5.59. The molecule has 7 nitrogen and oxygen atoms in total. The molecule has 1 unspecified atom stereocenters. The maximum absolute atomic E-state index is 10.8. The summed E-state index contributed by atoms with van der Waals surface area (Å²) in [5.74, 6) is 0.473. The SMILES string of the molecule is CC(C)C(C)(O)Cn1cnc(-c2cccc([N+](=O)[O-])c2)n1. The Bertz CT molecular complexity index is 649. The molecule has 0 fully saturated rings. The van der Waals surface area contributed by atoms with Crippen LogP contribution < -0.4 is 0 Å². The first-order valence-electron chi connectivity index (χ1n) is 6.66. The van der Waals surface area contributed by atoms with E-state index in [0.29, 0.717) is 17.9 Å². The molecule has 2 aromatic rings. The normalized spacial score (nSPS) is 14.1. The van der Waals surface area contributed by atoms with Crippen LogP contribution in [0.1, 0.15) is 20.8 Å². The lowest BCUT2D eigenvalue weighted by Crippen LogP contribution is -2.36. The molecule has 112 valence electrons. The molecule has 1 aromatic carbocycles. The summed E-state index contributed by atoms with van der Waals surface area (Å²) in [4.78, 5) is 14.5. The first-order valence-corrected chi connectivity index (χ1v) is 6.66. The van der Waals surface area contributed by atoms with E-state index in [0.717, 1.165) is 0 Å². The number of aliphatic hydroxyl groups is 1. The van der Waals surface area contributed by atoms with Crippen LogP contribution in [0.4, 0.5) is 5.69 Å². The van der Waals surface area contributed by atoms with Crippen molar-refractivity contribution in [3.8, 4) is 11.4 Å². The monoisotopic (exact) mass is 290 g/mol. The van der Waals surface area contributed by atoms with E-state index < -0.39 is 10.5 Å². The summed E-state index contributed by atoms with van der Waals surface area (Å²) < 4.78 is 1.55. The summed E-state index contributed by atoms with van der Waals surface area (Å²) in [6.45, 7) is 5.91. The molecule has 0 aliphatic rings. The molecule has 2 rings (SSSR count). The molecule has 0 spiro atoms. The van der Waals surface area contributed by atoms with Gasteiger partial charge in [-0.25, -0.2) is 9.67 Å². The quantitative estimate of drug-likeness (QED) is 0.673. The standard InChI is InChI=1S/C14H18N4O3/c1-10(2)14(3,19)8-17-9-15-13(16-17)11-5-4-6-12(7-11)18(20)21/h4-7,9-10,19H,8H2,1-3H3. The Balaban J connectivity index is 2.24. The molecule has 0 amide bonds. The molecule has 1 atom stereocenters. The topological polar surface area (TPSA) is 94.1 Å². The van der Waals surface area contributed by atoms with Gasteiger partial charge in [-0.1, -0.05) is 26.0 Å². The van der Waals surface area contributed by atoms with Gasteiger partial charge in [0.2, 0.25) is 0 Å². The van der Waals surface area contributed by atoms with Crippen LogP contribution in [-0.2, 0) is 6.54 Å². The number of hydrogen-bond acceptors (Lipinski definition) is 5. The van der Waals surface area contributed by atoms with Crippen molar-refractivity contribution in [1.29, 1.82) is 0 Å². The van der Waals surface area contributed by atoms with Crippen LogP contribution in [0, 0.1) is 16.0 Å². The van der Waals surface area contributed by atoms with E-state index in [1.807, 2.05) is 13.8 Å². The summed E-state index contributed by atoms with van der Waals surface area (Å²) in [7, 11) is 0. The minimum atomic E-state index is -0.895. The number of rotatable bonds is 5. The minimum absolute atomic E-state index is 0.00183. The first-order chi connectivity index (χ1) is 9.79. The molecular formula is C14H18N4O3. The van der Waals surface area contributed by atoms with Gasteiger partial charge in [0.05, 0.1) is 17.1 Å². The Labute approximate surface area is 122 Å². The number of nitrogens with zero attached hydrogens (tertiary/aromatic N) is 4. The molecule has 0 saturated carbocycles. The van der Waals surface area contributed by atoms with Crippen molar-refractivity contribution in [1.82, 2.24) is 14.8 Å². The highest BCUT2D eigenvalue weighted by atomic mass is 16.6. The van der Waals surface area contributed by atoms with Crippen LogP contribution in [0.5, 0.6) is 0 Å². The summed E-state index contributed by atoms with van der Waals surface area (Å²) in [5.41, 5.74) is -0.321. The van der Waals surface area contributed by atoms with Gasteiger partial charge in [-0.2, -0.15) is 5.10 Å². The fourth-order valence-corrected chi connectivity index (χ4v) is 1.77. The smallest absolute Gasteiger partial charge is 0.270 e. The molecular weight excluding hydrogens is 272 g/mol. The van der Waals surface area contributed by atoms with Crippen molar-refractivity contribution in [2.45, 2.75) is 32.9 Å². The second kappa shape index (κ2) is 5.61. The van der Waals surface area contributed by atoms with Crippen molar-refractivity contribution in [2.24, 2.45) is 5.92 Å². The van der Waals surface area contributed by atoms with Gasteiger partial charge >= 0.3 is 0 Å². The Morgan fingerprint density at radius 1 is 1.48 bits per heavy atom. The maximum Gasteiger partial charge on any atom is 0.270 e. The fourth-order valence-electron chi connectivity index (χ4n) is 1.77. The van der Waals surface area contributed by atoms with Crippen molar-refractivity contribution < 1.29 is 10.0 Å². The summed E-state index contributed by atoms with van der Waals surface area (Å²) in [6.07, 6.45) is 1.52. The Kier molecular flexibility index (Phi) is 4.04. The minimum Gasteiger partial charge on any atom is -0.388 e. The molecule has 1 aromatic heterocycles. The highest BCUT2D eigenvalue weighted by molar-refractivity contribution is 5.58. The van der Waals surface area contributed by atoms with E-state index in [1.54, 1.807) is 23.7 Å². The average Bonchev–Trinajstić information content (AvgIpc) is 2.86. The van der Waals surface area contributed by atoms with Crippen LogP contribution in [0.3, 0.4) is 0 Å². The number of benzene rings is 1. The third-order valence-corrected chi connectivity index (χ3v) is 3.58. The van der Waals surface area contributed by atoms with Crippen LogP contribution in [-0.4, -0.2) is 30.4 Å². The van der Waals surface area contributed by atoms with Gasteiger partial charge in [0.15, 0.2) is 5.82 Å². The van der Waals surface area contributed by atoms with Gasteiger partial charge in [0, 0.05) is 17.7 Å². The summed E-state index contributed by atoms with van der Waals surface area (Å²) in [6, 6.07) is 6.16. The number of hydrogen-bond donors (Lipinski definition) is 1. The van der Waals surface area contributed by atoms with E-state index in [1.165, 1.54) is 18.5 Å². The predicted octanol–water partition coefficient (Wildman–Crippen LogP) is 2.26. The van der Waals surface area contributed by atoms with Crippen molar-refractivity contribution in [3.05, 3.63) is 40.7 Å². The summed E-state index contributed by atoms with van der Waals surface area (Å²) in [5, 5.41) is 25.3. The zero-order valence-electron chi connectivity index (χ0n) is 12.2. The van der Waals surface area contributed by atoms with Gasteiger partial charge in [0.1, 0.15) is 6.33 Å². The molecule has 0 aliphatic heterocycles. The van der Waals surface area contributed by atoms with Gasteiger partial charge in [-0.15, -0.1) is 0 Å². The van der Waals surface area contributed by atoms with Gasteiger partial charge in [-0.05, 0) is 12.8 Å². The van der Waals surface area contributed by atoms with E-state index in [2.05, 4.69) is 10.1 Å². The number of aromatic nitrogens is 3. The van der Waals surface area contributed by atoms with E-state index in [9.17, 15) is 15.2 Å². The van der Waals surface area contributed by atoms with E-state index in [4.69, 9.17) is 0 Å². The van der Waals surface area contributed by atoms with Crippen molar-refractivity contribution in [2.75, 3.05) is 0 Å². The molecule has 0 saturated heterocycles. The van der Waals surface area contributed by atoms with Gasteiger partial charge in [0.25, 0.3) is 5.69 Å². The van der Waals surface area contributed by atoms with E-state index >= 15 is 0 Å². The molecule has 0 bridgehead atoms. The molecule has 7 heteroatoms. The molecule has 1 heterocycles. The molecule has 21 heavy (non-hydrogen) atoms. The molecule has 1 N–H and O–H groups in total. The zero-order chi connectivity index (χ0) is 15.6. The maximum atomic E-state index is 10.8. The predicted molar refractivity (Wildman–Crippen MR) is 77.6 cm³/mol. The fraction of sp³-hybridized carbons (Fsp3) is 0.429. The lowest BCUT2D eigenvalue weighted by Gasteiger charge is -2.27. The third kappa shape index (κ3) is 3.43. The number of nitro groups is 1. The number of non-ortho nitro benzene ring substituents is 1. The third-order valence-electron chi connectivity index (χ3n) is 3.58. The van der Waals surface area contributed by atoms with Gasteiger partial charge < -0.3 is 5.11 Å². The largest absolute Gasteiger partial charge is 0.388 e. The lowest BCUT2D eigenvalue weighted by molar-refractivity contribution is -0.384. The van der Waals surface area contributed by atoms with Crippen molar-refractivity contribution >= 4 is 5.69 Å². The summed E-state index contributed by atoms with van der Waals surface area (Å²) >= 11 is 0. The molecule has 0 aliphatic carbocycles. The zero-order valence-corrected chi connectivity index (χ0v) is 12.2. The Morgan fingerprint density at radius 2 is 2.19 bits per heavy atom. The van der Waals surface area contributed by atoms with Gasteiger partial charge in [-0.3, -0.25) is 10.1 Å². The average molecular weight is 290 g/mol. The first kappa shape index (κ1) is 15.1. The number of nitro benzene ring substituents is 1. The van der Waals surface area contributed by atoms with Crippen molar-refractivity contribution in [3.63, 3.8) is 0 Å². The van der Waals surface area contributed by atoms with E-state index in [-0.39, 0.29) is 11.6 Å². The van der Waals surface area contributed by atoms with Crippen LogP contribution in [0.25, 0.3) is 11.4 Å². The van der Waals surface area contributed by atoms with Crippen LogP contribution >= 0.6 is 0 Å². The molecule has 0 radical (unpaired) electrons. The highest BCUT2D eigenvalue weighted by Gasteiger charge is 2.26. The Hall–Kier alpha value is -2.28. The lowest BCUT2D eigenvalue weighted by atomic mass is 9.93. The Morgan fingerprint density at radius 3 is 2.81 bits per heavy atom. The van der Waals surface area contributed by atoms with Crippen LogP contribution in [0.15, 0.2) is 30.6 Å². The second-order valence-corrected chi connectivity index (χ2v) is 5.59. The van der Waals surface area contributed by atoms with Crippen LogP contribution in [0.2, 0.25) is 0 Å². The highest BCUT2D eigenvalue weighted by Crippen LogP contribution is 2.22.